The Labute approximate surface area is 194 Å². The van der Waals surface area contributed by atoms with Crippen molar-refractivity contribution in [3.8, 4) is 5.75 Å². The Morgan fingerprint density at radius 3 is 2.39 bits per heavy atom. The molecule has 0 bridgehead atoms. The molecule has 0 saturated heterocycles. The number of amides is 2. The van der Waals surface area contributed by atoms with Gasteiger partial charge in [0.15, 0.2) is 0 Å². The van der Waals surface area contributed by atoms with Gasteiger partial charge < -0.3 is 15.0 Å². The van der Waals surface area contributed by atoms with Crippen molar-refractivity contribution in [2.75, 3.05) is 13.2 Å². The predicted octanol–water partition coefficient (Wildman–Crippen LogP) is 5.34. The van der Waals surface area contributed by atoms with Crippen molar-refractivity contribution in [3.05, 3.63) is 64.1 Å². The van der Waals surface area contributed by atoms with E-state index in [1.807, 2.05) is 32.0 Å². The Hall–Kier alpha value is -2.24. The maximum atomic E-state index is 13.0. The molecule has 1 atom stereocenters. The smallest absolute Gasteiger partial charge is 0.242 e. The lowest BCUT2D eigenvalue weighted by Crippen LogP contribution is -2.48. The third-order valence-corrected chi connectivity index (χ3v) is 5.20. The van der Waals surface area contributed by atoms with Gasteiger partial charge >= 0.3 is 0 Å². The van der Waals surface area contributed by atoms with Crippen LogP contribution in [0.4, 0.5) is 0 Å². The van der Waals surface area contributed by atoms with E-state index in [0.29, 0.717) is 47.8 Å². The van der Waals surface area contributed by atoms with Gasteiger partial charge in [0.1, 0.15) is 11.8 Å². The molecule has 0 unspecified atom stereocenters. The molecule has 0 heterocycles. The number of hydrogen-bond acceptors (Lipinski definition) is 3. The van der Waals surface area contributed by atoms with Crippen LogP contribution in [0.2, 0.25) is 10.0 Å². The summed E-state index contributed by atoms with van der Waals surface area (Å²) in [5.74, 6) is 0.765. The maximum absolute atomic E-state index is 13.0. The minimum absolute atomic E-state index is 0.105. The van der Waals surface area contributed by atoms with Gasteiger partial charge in [-0.2, -0.15) is 0 Å². The van der Waals surface area contributed by atoms with Crippen LogP contribution in [-0.2, 0) is 16.1 Å². The van der Waals surface area contributed by atoms with Gasteiger partial charge in [-0.05, 0) is 61.2 Å². The monoisotopic (exact) mass is 464 g/mol. The normalized spacial score (nSPS) is 11.8. The SMILES string of the molecule is CC(C)CNC(=O)[C@H](C)N(Cc1cccc(Cl)c1)C(=O)CCCOc1ccc(Cl)cc1. The number of rotatable bonds is 11. The van der Waals surface area contributed by atoms with Crippen LogP contribution >= 0.6 is 23.2 Å². The van der Waals surface area contributed by atoms with E-state index < -0.39 is 6.04 Å². The average molecular weight is 465 g/mol. The summed E-state index contributed by atoms with van der Waals surface area (Å²) in [7, 11) is 0. The van der Waals surface area contributed by atoms with Gasteiger partial charge in [0.25, 0.3) is 0 Å². The van der Waals surface area contributed by atoms with E-state index in [9.17, 15) is 9.59 Å². The van der Waals surface area contributed by atoms with Crippen LogP contribution in [0.15, 0.2) is 48.5 Å². The van der Waals surface area contributed by atoms with Gasteiger partial charge in [-0.15, -0.1) is 0 Å². The van der Waals surface area contributed by atoms with Gasteiger partial charge in [0.05, 0.1) is 6.61 Å². The number of halogens is 2. The number of hydrogen-bond donors (Lipinski definition) is 1. The first-order valence-corrected chi connectivity index (χ1v) is 11.2. The fraction of sp³-hybridized carbons (Fsp3) is 0.417. The highest BCUT2D eigenvalue weighted by Crippen LogP contribution is 2.18. The van der Waals surface area contributed by atoms with Crippen LogP contribution < -0.4 is 10.1 Å². The lowest BCUT2D eigenvalue weighted by atomic mass is 10.1. The summed E-state index contributed by atoms with van der Waals surface area (Å²) in [6.07, 6.45) is 0.809. The maximum Gasteiger partial charge on any atom is 0.242 e. The molecule has 0 radical (unpaired) electrons. The standard InChI is InChI=1S/C24H30Cl2N2O3/c1-17(2)15-27-24(30)18(3)28(16-19-6-4-7-21(26)14-19)23(29)8-5-13-31-22-11-9-20(25)10-12-22/h4,6-7,9-12,14,17-18H,5,8,13,15-16H2,1-3H3,(H,27,30)/t18-/m0/s1. The van der Waals surface area contributed by atoms with E-state index >= 15 is 0 Å². The molecular formula is C24H30Cl2N2O3. The highest BCUT2D eigenvalue weighted by atomic mass is 35.5. The molecule has 7 heteroatoms. The number of nitrogens with one attached hydrogen (secondary N) is 1. The van der Waals surface area contributed by atoms with Crippen molar-refractivity contribution in [2.24, 2.45) is 5.92 Å². The van der Waals surface area contributed by atoms with Crippen molar-refractivity contribution in [1.82, 2.24) is 10.2 Å². The molecule has 168 valence electrons. The molecule has 0 aliphatic carbocycles. The number of nitrogens with zero attached hydrogens (tertiary/aromatic N) is 1. The fourth-order valence-electron chi connectivity index (χ4n) is 2.95. The Kier molecular flexibility index (Phi) is 10.2. The Morgan fingerprint density at radius 1 is 1.03 bits per heavy atom. The van der Waals surface area contributed by atoms with Crippen molar-refractivity contribution in [3.63, 3.8) is 0 Å². The zero-order valence-electron chi connectivity index (χ0n) is 18.2. The summed E-state index contributed by atoms with van der Waals surface area (Å²) in [6.45, 7) is 7.08. The van der Waals surface area contributed by atoms with Gasteiger partial charge in [-0.3, -0.25) is 9.59 Å². The van der Waals surface area contributed by atoms with Crippen LogP contribution in [0, 0.1) is 5.92 Å². The van der Waals surface area contributed by atoms with Crippen molar-refractivity contribution < 1.29 is 14.3 Å². The van der Waals surface area contributed by atoms with Crippen LogP contribution in [0.5, 0.6) is 5.75 Å². The lowest BCUT2D eigenvalue weighted by Gasteiger charge is -2.29. The van der Waals surface area contributed by atoms with Crippen LogP contribution in [-0.4, -0.2) is 35.9 Å². The quantitative estimate of drug-likeness (QED) is 0.456. The third-order valence-electron chi connectivity index (χ3n) is 4.71. The largest absolute Gasteiger partial charge is 0.494 e. The lowest BCUT2D eigenvalue weighted by molar-refractivity contribution is -0.140. The first-order valence-electron chi connectivity index (χ1n) is 10.5. The second-order valence-corrected chi connectivity index (χ2v) is 8.75. The molecule has 0 saturated carbocycles. The minimum atomic E-state index is -0.595. The summed E-state index contributed by atoms with van der Waals surface area (Å²) in [6, 6.07) is 13.8. The van der Waals surface area contributed by atoms with Crippen molar-refractivity contribution in [2.45, 2.75) is 46.2 Å². The number of benzene rings is 2. The third kappa shape index (κ3) is 8.80. The minimum Gasteiger partial charge on any atom is -0.494 e. The predicted molar refractivity (Wildman–Crippen MR) is 125 cm³/mol. The highest BCUT2D eigenvalue weighted by Gasteiger charge is 2.26. The summed E-state index contributed by atoms with van der Waals surface area (Å²) < 4.78 is 5.67. The zero-order chi connectivity index (χ0) is 22.8. The Morgan fingerprint density at radius 2 is 1.74 bits per heavy atom. The molecule has 0 aliphatic heterocycles. The average Bonchev–Trinajstić information content (AvgIpc) is 2.74. The molecule has 0 fully saturated rings. The second-order valence-electron chi connectivity index (χ2n) is 7.87. The Balaban J connectivity index is 1.98. The zero-order valence-corrected chi connectivity index (χ0v) is 19.7. The first kappa shape index (κ1) is 25.0. The summed E-state index contributed by atoms with van der Waals surface area (Å²) in [5.41, 5.74) is 0.877. The first-order chi connectivity index (χ1) is 14.8. The van der Waals surface area contributed by atoms with E-state index in [2.05, 4.69) is 5.32 Å². The summed E-state index contributed by atoms with van der Waals surface area (Å²) in [5, 5.41) is 4.15. The second kappa shape index (κ2) is 12.6. The van der Waals surface area contributed by atoms with Gasteiger partial charge in [-0.1, -0.05) is 49.2 Å². The van der Waals surface area contributed by atoms with Gasteiger partial charge in [-0.25, -0.2) is 0 Å². The molecular weight excluding hydrogens is 435 g/mol. The topological polar surface area (TPSA) is 58.6 Å². The van der Waals surface area contributed by atoms with Crippen LogP contribution in [0.3, 0.4) is 0 Å². The number of carbonyl (C=O) groups excluding carboxylic acids is 2. The summed E-state index contributed by atoms with van der Waals surface area (Å²) >= 11 is 12.0. The fourth-order valence-corrected chi connectivity index (χ4v) is 3.29. The molecule has 0 aliphatic rings. The van der Waals surface area contributed by atoms with E-state index in [1.54, 1.807) is 42.2 Å². The van der Waals surface area contributed by atoms with E-state index in [1.165, 1.54) is 0 Å². The van der Waals surface area contributed by atoms with Crippen LogP contribution in [0.25, 0.3) is 0 Å². The number of carbonyl (C=O) groups is 2. The van der Waals surface area contributed by atoms with E-state index in [0.717, 1.165) is 5.56 Å². The van der Waals surface area contributed by atoms with Crippen molar-refractivity contribution in [1.29, 1.82) is 0 Å². The molecule has 0 spiro atoms. The molecule has 2 aromatic carbocycles. The molecule has 1 N–H and O–H groups in total. The molecule has 2 amide bonds. The molecule has 31 heavy (non-hydrogen) atoms. The van der Waals surface area contributed by atoms with Gasteiger partial charge in [0.2, 0.25) is 11.8 Å². The highest BCUT2D eigenvalue weighted by molar-refractivity contribution is 6.30. The van der Waals surface area contributed by atoms with Gasteiger partial charge in [0, 0.05) is 29.6 Å². The molecule has 2 rings (SSSR count). The van der Waals surface area contributed by atoms with Crippen molar-refractivity contribution >= 4 is 35.0 Å². The number of ether oxygens (including phenoxy) is 1. The van der Waals surface area contributed by atoms with E-state index in [-0.39, 0.29) is 18.2 Å². The Bertz CT molecular complexity index is 856. The molecule has 0 aromatic heterocycles. The molecule has 5 nitrogen and oxygen atoms in total. The van der Waals surface area contributed by atoms with Crippen LogP contribution in [0.1, 0.15) is 39.2 Å². The van der Waals surface area contributed by atoms with E-state index in [4.69, 9.17) is 27.9 Å². The summed E-state index contributed by atoms with van der Waals surface area (Å²) in [4.78, 5) is 27.2. The molecule has 2 aromatic rings.